The second kappa shape index (κ2) is 6.37. The van der Waals surface area contributed by atoms with E-state index in [0.717, 1.165) is 38.0 Å². The zero-order valence-corrected chi connectivity index (χ0v) is 13.0. The molecule has 1 aromatic rings. The number of carbonyl (C=O) groups excluding carboxylic acids is 2. The molecule has 3 heterocycles. The van der Waals surface area contributed by atoms with Crippen LogP contribution in [0.3, 0.4) is 0 Å². The first kappa shape index (κ1) is 14.9. The highest BCUT2D eigenvalue weighted by molar-refractivity contribution is 5.74. The average Bonchev–Trinajstić information content (AvgIpc) is 3.18. The van der Waals surface area contributed by atoms with Crippen molar-refractivity contribution in [2.24, 2.45) is 0 Å². The molecule has 1 saturated heterocycles. The zero-order chi connectivity index (χ0) is 15.5. The number of likely N-dealkylation sites (tertiary alicyclic amines) is 1. The van der Waals surface area contributed by atoms with E-state index in [2.05, 4.69) is 10.4 Å². The minimum atomic E-state index is 0.0254. The second-order valence-electron chi connectivity index (χ2n) is 6.04. The van der Waals surface area contributed by atoms with Crippen molar-refractivity contribution in [1.82, 2.24) is 24.9 Å². The normalized spacial score (nSPS) is 20.9. The number of nitrogens with zero attached hydrogens (tertiary/aromatic N) is 4. The standard InChI is InChI=1S/C15H23N5O2/c1-12(21)19-10-13(20-14(11-19)5-7-17-20)4-6-16-15(22)18-8-2-3-9-18/h5,7,13H,2-4,6,8-11H2,1H3,(H,16,22). The first-order chi connectivity index (χ1) is 10.6. The molecule has 1 fully saturated rings. The van der Waals surface area contributed by atoms with Crippen molar-refractivity contribution in [3.05, 3.63) is 18.0 Å². The molecule has 3 rings (SSSR count). The van der Waals surface area contributed by atoms with E-state index in [0.29, 0.717) is 19.6 Å². The van der Waals surface area contributed by atoms with Crippen molar-refractivity contribution in [3.8, 4) is 0 Å². The third-order valence-corrected chi connectivity index (χ3v) is 4.47. The molecule has 22 heavy (non-hydrogen) atoms. The van der Waals surface area contributed by atoms with Crippen LogP contribution in [0.15, 0.2) is 12.3 Å². The maximum absolute atomic E-state index is 12.0. The number of nitrogens with one attached hydrogen (secondary N) is 1. The summed E-state index contributed by atoms with van der Waals surface area (Å²) in [6, 6.07) is 2.10. The lowest BCUT2D eigenvalue weighted by molar-refractivity contribution is -0.130. The largest absolute Gasteiger partial charge is 0.338 e. The lowest BCUT2D eigenvalue weighted by Gasteiger charge is -2.33. The minimum Gasteiger partial charge on any atom is -0.338 e. The van der Waals surface area contributed by atoms with Gasteiger partial charge >= 0.3 is 6.03 Å². The molecule has 3 amide bonds. The summed E-state index contributed by atoms with van der Waals surface area (Å²) in [6.45, 7) is 5.19. The number of urea groups is 1. The van der Waals surface area contributed by atoms with Crippen molar-refractivity contribution in [2.75, 3.05) is 26.2 Å². The number of fused-ring (bicyclic) bond motifs is 1. The van der Waals surface area contributed by atoms with Crippen LogP contribution in [-0.2, 0) is 11.3 Å². The first-order valence-corrected chi connectivity index (χ1v) is 7.96. The number of amides is 3. The van der Waals surface area contributed by atoms with Gasteiger partial charge in [-0.15, -0.1) is 0 Å². The number of hydrogen-bond acceptors (Lipinski definition) is 3. The van der Waals surface area contributed by atoms with Crippen molar-refractivity contribution in [3.63, 3.8) is 0 Å². The van der Waals surface area contributed by atoms with Crippen molar-refractivity contribution < 1.29 is 9.59 Å². The molecule has 1 aromatic heterocycles. The van der Waals surface area contributed by atoms with Crippen LogP contribution >= 0.6 is 0 Å². The van der Waals surface area contributed by atoms with Crippen LogP contribution in [-0.4, -0.2) is 57.7 Å². The predicted octanol–water partition coefficient (Wildman–Crippen LogP) is 0.982. The minimum absolute atomic E-state index is 0.0254. The Labute approximate surface area is 130 Å². The molecule has 0 saturated carbocycles. The molecule has 2 aliphatic heterocycles. The summed E-state index contributed by atoms with van der Waals surface area (Å²) in [5, 5.41) is 7.34. The molecule has 7 nitrogen and oxygen atoms in total. The van der Waals surface area contributed by atoms with E-state index in [4.69, 9.17) is 0 Å². The highest BCUT2D eigenvalue weighted by Crippen LogP contribution is 2.22. The van der Waals surface area contributed by atoms with Gasteiger partial charge in [-0.1, -0.05) is 0 Å². The van der Waals surface area contributed by atoms with Gasteiger partial charge in [-0.05, 0) is 25.3 Å². The van der Waals surface area contributed by atoms with Crippen LogP contribution < -0.4 is 5.32 Å². The predicted molar refractivity (Wildman–Crippen MR) is 81.2 cm³/mol. The fraction of sp³-hybridized carbons (Fsp3) is 0.667. The van der Waals surface area contributed by atoms with Crippen LogP contribution in [0.5, 0.6) is 0 Å². The topological polar surface area (TPSA) is 70.5 Å². The monoisotopic (exact) mass is 305 g/mol. The average molecular weight is 305 g/mol. The molecular weight excluding hydrogens is 282 g/mol. The molecule has 0 spiro atoms. The third kappa shape index (κ3) is 3.08. The molecule has 0 radical (unpaired) electrons. The molecule has 7 heteroatoms. The molecule has 120 valence electrons. The van der Waals surface area contributed by atoms with E-state index in [-0.39, 0.29) is 18.0 Å². The summed E-state index contributed by atoms with van der Waals surface area (Å²) in [5.74, 6) is 0.0820. The number of carbonyl (C=O) groups is 2. The molecule has 2 aliphatic rings. The molecule has 0 aliphatic carbocycles. The highest BCUT2D eigenvalue weighted by Gasteiger charge is 2.27. The molecule has 1 N–H and O–H groups in total. The first-order valence-electron chi connectivity index (χ1n) is 7.96. The van der Waals surface area contributed by atoms with Gasteiger partial charge in [-0.3, -0.25) is 9.48 Å². The maximum atomic E-state index is 12.0. The SMILES string of the molecule is CC(=O)N1Cc2ccnn2C(CCNC(=O)N2CCCC2)C1. The van der Waals surface area contributed by atoms with Gasteiger partial charge in [-0.25, -0.2) is 4.79 Å². The fourth-order valence-electron chi connectivity index (χ4n) is 3.22. The van der Waals surface area contributed by atoms with E-state index < -0.39 is 0 Å². The fourth-order valence-corrected chi connectivity index (χ4v) is 3.22. The summed E-state index contributed by atoms with van der Waals surface area (Å²) in [6.07, 6.45) is 4.74. The van der Waals surface area contributed by atoms with E-state index in [1.165, 1.54) is 0 Å². The van der Waals surface area contributed by atoms with Crippen LogP contribution in [0.4, 0.5) is 4.79 Å². The molecule has 1 unspecified atom stereocenters. The van der Waals surface area contributed by atoms with Crippen LogP contribution in [0.2, 0.25) is 0 Å². The Morgan fingerprint density at radius 3 is 2.82 bits per heavy atom. The Morgan fingerprint density at radius 2 is 2.09 bits per heavy atom. The van der Waals surface area contributed by atoms with E-state index in [1.807, 2.05) is 20.5 Å². The van der Waals surface area contributed by atoms with Gasteiger partial charge in [0.25, 0.3) is 0 Å². The molecule has 0 aromatic carbocycles. The Bertz CT molecular complexity index is 550. The Morgan fingerprint density at radius 1 is 1.32 bits per heavy atom. The second-order valence-corrected chi connectivity index (χ2v) is 6.04. The van der Waals surface area contributed by atoms with Crippen LogP contribution in [0.1, 0.15) is 37.9 Å². The van der Waals surface area contributed by atoms with Crippen molar-refractivity contribution >= 4 is 11.9 Å². The Balaban J connectivity index is 1.55. The van der Waals surface area contributed by atoms with E-state index in [1.54, 1.807) is 13.1 Å². The summed E-state index contributed by atoms with van der Waals surface area (Å²) in [4.78, 5) is 27.3. The van der Waals surface area contributed by atoms with Crippen molar-refractivity contribution in [1.29, 1.82) is 0 Å². The van der Waals surface area contributed by atoms with E-state index >= 15 is 0 Å². The lowest BCUT2D eigenvalue weighted by atomic mass is 10.1. The molecule has 1 atom stereocenters. The smallest absolute Gasteiger partial charge is 0.317 e. The molecular formula is C15H23N5O2. The summed E-state index contributed by atoms with van der Waals surface area (Å²) in [5.41, 5.74) is 1.05. The van der Waals surface area contributed by atoms with Crippen LogP contribution in [0, 0.1) is 0 Å². The molecule has 0 bridgehead atoms. The number of aromatic nitrogens is 2. The Hall–Kier alpha value is -2.05. The number of rotatable bonds is 3. The zero-order valence-electron chi connectivity index (χ0n) is 13.0. The highest BCUT2D eigenvalue weighted by atomic mass is 16.2. The van der Waals surface area contributed by atoms with Gasteiger partial charge in [0.05, 0.1) is 18.3 Å². The van der Waals surface area contributed by atoms with Gasteiger partial charge in [-0.2, -0.15) is 5.10 Å². The quantitative estimate of drug-likeness (QED) is 0.905. The van der Waals surface area contributed by atoms with Gasteiger partial charge in [0.2, 0.25) is 5.91 Å². The maximum Gasteiger partial charge on any atom is 0.317 e. The van der Waals surface area contributed by atoms with Gasteiger partial charge < -0.3 is 15.1 Å². The Kier molecular flexibility index (Phi) is 4.31. The summed E-state index contributed by atoms with van der Waals surface area (Å²) < 4.78 is 1.99. The van der Waals surface area contributed by atoms with Crippen LogP contribution in [0.25, 0.3) is 0 Å². The van der Waals surface area contributed by atoms with Crippen molar-refractivity contribution in [2.45, 2.75) is 38.8 Å². The van der Waals surface area contributed by atoms with Gasteiger partial charge in [0.1, 0.15) is 0 Å². The summed E-state index contributed by atoms with van der Waals surface area (Å²) in [7, 11) is 0. The van der Waals surface area contributed by atoms with E-state index in [9.17, 15) is 9.59 Å². The van der Waals surface area contributed by atoms with Gasteiger partial charge in [0, 0.05) is 39.3 Å². The summed E-state index contributed by atoms with van der Waals surface area (Å²) >= 11 is 0. The number of hydrogen-bond donors (Lipinski definition) is 1. The lowest BCUT2D eigenvalue weighted by Crippen LogP contribution is -2.42. The third-order valence-electron chi connectivity index (χ3n) is 4.47. The van der Waals surface area contributed by atoms with Gasteiger partial charge in [0.15, 0.2) is 0 Å².